The summed E-state index contributed by atoms with van der Waals surface area (Å²) in [6.07, 6.45) is 13.1. The van der Waals surface area contributed by atoms with Crippen LogP contribution in [0.25, 0.3) is 112 Å². The zero-order valence-corrected chi connectivity index (χ0v) is 75.7. The van der Waals surface area contributed by atoms with Crippen LogP contribution < -0.4 is 22.8 Å². The Morgan fingerprint density at radius 2 is 0.521 bits per heavy atom. The molecule has 0 unspecified atom stereocenters. The minimum Gasteiger partial charge on any atom is -0.201 e. The second kappa shape index (κ2) is 39.5. The molecule has 0 saturated heterocycles. The molecular weight excluding hydrogens is 1440 g/mol. The van der Waals surface area contributed by atoms with E-state index >= 15 is 0 Å². The van der Waals surface area contributed by atoms with Gasteiger partial charge in [0.15, 0.2) is 31.0 Å². The largest absolute Gasteiger partial charge is 0.212 e. The standard InChI is InChI=1S/C25H30N.C24H28N.C23H26N.2C21H22N/c1-18-14-19(2)23(16-22(18)21-10-8-7-9-11-21)24-15-20(12-13-26(24)6)17-25(3,4)5;1-17(2)13-20-11-12-25(5)24(15-20)23-16-22(18(3)14-19(23)4)21-9-7-6-8-10-21;1-16(2)20-11-12-24(5)23(14-20)22-15-21(17(3)13-18(22)4)19-9-7-6-8-10-19;1-15-10-11-21(22(4)14-15)20-13-19(16(2)12-17(20)3)18-8-6-5-7-9-18;1-15-10-11-22(4)21(12-15)20-14-19(16(2)13-17(20)3)18-8-6-5-7-9-18/h7-16H,17H2,1-6H3;6-12,14-17H,13H2,1-5H3;6-16H,1-5H3;2*5-14H,1-4H3/q5*+1. The Bertz CT molecular complexity index is 6000. The molecule has 0 saturated carbocycles. The van der Waals surface area contributed by atoms with E-state index in [-0.39, 0.29) is 5.41 Å². The maximum atomic E-state index is 2.36. The number of aromatic nitrogens is 5. The van der Waals surface area contributed by atoms with Crippen molar-refractivity contribution < 1.29 is 22.8 Å². The Morgan fingerprint density at radius 3 is 0.832 bits per heavy atom. The molecule has 5 heterocycles. The lowest BCUT2D eigenvalue weighted by atomic mass is 9.87. The smallest absolute Gasteiger partial charge is 0.201 e. The van der Waals surface area contributed by atoms with Crippen molar-refractivity contribution in [3.8, 4) is 112 Å². The van der Waals surface area contributed by atoms with Gasteiger partial charge in [0.2, 0.25) is 28.5 Å². The zero-order chi connectivity index (χ0) is 85.5. The first kappa shape index (κ1) is 87.8. The molecule has 5 heteroatoms. The van der Waals surface area contributed by atoms with E-state index in [4.69, 9.17) is 0 Å². The fourth-order valence-electron chi connectivity index (χ4n) is 16.5. The first-order valence-corrected chi connectivity index (χ1v) is 42.5. The van der Waals surface area contributed by atoms with Crippen molar-refractivity contribution in [2.75, 3.05) is 0 Å². The van der Waals surface area contributed by atoms with E-state index in [1.807, 2.05) is 0 Å². The highest BCUT2D eigenvalue weighted by atomic mass is 14.9. The fourth-order valence-corrected chi connectivity index (χ4v) is 16.5. The van der Waals surface area contributed by atoms with Crippen LogP contribution in [0.1, 0.15) is 138 Å². The molecule has 10 aromatic carbocycles. The molecule has 0 spiro atoms. The summed E-state index contributed by atoms with van der Waals surface area (Å²) in [4.78, 5) is 0. The lowest BCUT2D eigenvalue weighted by molar-refractivity contribution is -0.660. The van der Waals surface area contributed by atoms with Crippen LogP contribution in [-0.2, 0) is 48.1 Å². The Kier molecular flexibility index (Phi) is 29.1. The summed E-state index contributed by atoms with van der Waals surface area (Å²) in [5.74, 6) is 1.20. The first-order valence-electron chi connectivity index (χ1n) is 42.5. The number of pyridine rings is 5. The average molecular weight is 1570 g/mol. The third-order valence-electron chi connectivity index (χ3n) is 22.9. The Hall–Kier alpha value is -12.1. The predicted octanol–water partition coefficient (Wildman–Crippen LogP) is 26.8. The molecular formula is C114H128N5+5. The van der Waals surface area contributed by atoms with Crippen LogP contribution in [0.3, 0.4) is 0 Å². The van der Waals surface area contributed by atoms with Crippen LogP contribution in [0.4, 0.5) is 0 Å². The minimum absolute atomic E-state index is 0.286. The van der Waals surface area contributed by atoms with Gasteiger partial charge in [-0.25, -0.2) is 22.8 Å². The monoisotopic (exact) mass is 1570 g/mol. The third kappa shape index (κ3) is 22.4. The van der Waals surface area contributed by atoms with Gasteiger partial charge in [0, 0.05) is 88.0 Å². The maximum Gasteiger partial charge on any atom is 0.212 e. The number of hydrogen-bond donors (Lipinski definition) is 0. The Labute approximate surface area is 714 Å². The summed E-state index contributed by atoms with van der Waals surface area (Å²) in [5, 5.41) is 0. The molecule has 0 fully saturated rings. The number of benzene rings is 10. The summed E-state index contributed by atoms with van der Waals surface area (Å²) in [5.41, 5.74) is 46.1. The topological polar surface area (TPSA) is 19.4 Å². The molecule has 5 nitrogen and oxygen atoms in total. The van der Waals surface area contributed by atoms with Gasteiger partial charge in [0.1, 0.15) is 35.2 Å². The Balaban J connectivity index is 0.000000146. The van der Waals surface area contributed by atoms with E-state index in [0.717, 1.165) is 12.8 Å². The van der Waals surface area contributed by atoms with Gasteiger partial charge in [-0.3, -0.25) is 0 Å². The minimum atomic E-state index is 0.286. The van der Waals surface area contributed by atoms with E-state index < -0.39 is 0 Å². The van der Waals surface area contributed by atoms with Crippen molar-refractivity contribution in [3.63, 3.8) is 0 Å². The zero-order valence-electron chi connectivity index (χ0n) is 75.7. The van der Waals surface area contributed by atoms with Gasteiger partial charge in [-0.2, -0.15) is 0 Å². The van der Waals surface area contributed by atoms with Crippen LogP contribution in [0.15, 0.2) is 304 Å². The van der Waals surface area contributed by atoms with Gasteiger partial charge >= 0.3 is 0 Å². The van der Waals surface area contributed by atoms with Crippen molar-refractivity contribution in [3.05, 3.63) is 387 Å². The van der Waals surface area contributed by atoms with Gasteiger partial charge in [0.25, 0.3) is 0 Å². The molecule has 0 bridgehead atoms. The van der Waals surface area contributed by atoms with Crippen LogP contribution >= 0.6 is 0 Å². The van der Waals surface area contributed by atoms with Crippen molar-refractivity contribution in [2.45, 2.75) is 150 Å². The normalized spacial score (nSPS) is 11.1. The van der Waals surface area contributed by atoms with Gasteiger partial charge < -0.3 is 0 Å². The molecule has 5 aromatic heterocycles. The summed E-state index contributed by atoms with van der Waals surface area (Å²) < 4.78 is 11.1. The molecule has 15 aromatic rings. The molecule has 0 amide bonds. The first-order chi connectivity index (χ1) is 56.8. The summed E-state index contributed by atoms with van der Waals surface area (Å²) in [6.45, 7) is 42.2. The van der Waals surface area contributed by atoms with E-state index in [0.29, 0.717) is 11.8 Å². The second-order valence-corrected chi connectivity index (χ2v) is 35.2. The fraction of sp³-hybridized carbons (Fsp3) is 0.254. The predicted molar refractivity (Wildman–Crippen MR) is 505 cm³/mol. The van der Waals surface area contributed by atoms with E-state index in [1.165, 1.54) is 195 Å². The third-order valence-corrected chi connectivity index (χ3v) is 22.9. The number of hydrogen-bond acceptors (Lipinski definition) is 0. The highest BCUT2D eigenvalue weighted by Gasteiger charge is 2.24. The summed E-state index contributed by atoms with van der Waals surface area (Å²) in [6, 6.07) is 99.0. The molecule has 604 valence electrons. The highest BCUT2D eigenvalue weighted by molar-refractivity contribution is 5.81. The number of aryl methyl sites for hydroxylation is 17. The molecule has 119 heavy (non-hydrogen) atoms. The van der Waals surface area contributed by atoms with E-state index in [2.05, 4.69) is 494 Å². The Morgan fingerprint density at radius 1 is 0.244 bits per heavy atom. The lowest BCUT2D eigenvalue weighted by Gasteiger charge is -2.18. The molecule has 0 N–H and O–H groups in total. The lowest BCUT2D eigenvalue weighted by Crippen LogP contribution is -2.31. The quantitative estimate of drug-likeness (QED) is 0.0967. The van der Waals surface area contributed by atoms with Crippen LogP contribution in [0, 0.1) is 94.4 Å². The van der Waals surface area contributed by atoms with Gasteiger partial charge in [-0.15, -0.1) is 0 Å². The summed E-state index contributed by atoms with van der Waals surface area (Å²) >= 11 is 0. The van der Waals surface area contributed by atoms with Crippen molar-refractivity contribution in [1.82, 2.24) is 0 Å². The van der Waals surface area contributed by atoms with E-state index in [1.54, 1.807) is 0 Å². The number of rotatable bonds is 14. The molecule has 0 aliphatic heterocycles. The maximum absolute atomic E-state index is 2.36. The van der Waals surface area contributed by atoms with Crippen LogP contribution in [0.2, 0.25) is 0 Å². The van der Waals surface area contributed by atoms with Gasteiger partial charge in [-0.05, 0) is 283 Å². The SMILES string of the molecule is Cc1cc(C)c(-c2cc(C(C)C)cc[n+]2C)cc1-c1ccccc1.Cc1cc(C)c(-c2cc(CC(C)(C)C)cc[n+]2C)cc1-c1ccccc1.Cc1cc(C)c(-c2cc(CC(C)C)cc[n+]2C)cc1-c1ccccc1.Cc1cc[n+](C)c(-c2cc(-c3ccccc3)c(C)cc2C)c1.Cc1ccc(-c2cc(-c3ccccc3)c(C)cc2C)[n+](C)c1. The van der Waals surface area contributed by atoms with E-state index in [9.17, 15) is 0 Å². The van der Waals surface area contributed by atoms with Gasteiger partial charge in [-0.1, -0.05) is 230 Å². The highest BCUT2D eigenvalue weighted by Crippen LogP contribution is 2.38. The number of nitrogens with zero attached hydrogens (tertiary/aromatic N) is 5. The van der Waals surface area contributed by atoms with Crippen LogP contribution in [0.5, 0.6) is 0 Å². The molecule has 0 aliphatic carbocycles. The second-order valence-electron chi connectivity index (χ2n) is 35.2. The van der Waals surface area contributed by atoms with Crippen LogP contribution in [-0.4, -0.2) is 0 Å². The molecule has 0 aliphatic rings. The van der Waals surface area contributed by atoms with Crippen molar-refractivity contribution in [2.24, 2.45) is 46.6 Å². The molecule has 0 atom stereocenters. The average Bonchev–Trinajstić information content (AvgIpc) is 0.827. The van der Waals surface area contributed by atoms with Crippen molar-refractivity contribution in [1.29, 1.82) is 0 Å². The summed E-state index contributed by atoms with van der Waals surface area (Å²) in [7, 11) is 10.6. The van der Waals surface area contributed by atoms with Crippen molar-refractivity contribution >= 4 is 0 Å². The van der Waals surface area contributed by atoms with Gasteiger partial charge in [0.05, 0.1) is 0 Å². The molecule has 0 radical (unpaired) electrons. The molecule has 15 rings (SSSR count).